The number of rotatable bonds is 4. The molecule has 162 valence electrons. The van der Waals surface area contributed by atoms with Crippen LogP contribution in [0, 0.1) is 6.92 Å². The van der Waals surface area contributed by atoms with E-state index in [1.807, 2.05) is 13.8 Å². The topological polar surface area (TPSA) is 102 Å². The maximum atomic E-state index is 13.3. The lowest BCUT2D eigenvalue weighted by atomic mass is 9.83. The highest BCUT2D eigenvalue weighted by atomic mass is 32.1. The number of piperidine rings is 2. The van der Waals surface area contributed by atoms with Gasteiger partial charge in [0.25, 0.3) is 11.5 Å². The standard InChI is InChI=1S/C21H29N5O3S/c1-3-24-13-23-17-15(18(24)27)14(2)16(30-17)19(28)25-11-7-21(8-12-25,20(22)29)26-9-5-4-6-10-26/h13H,3-12H2,1-2H3,(H2,22,29). The summed E-state index contributed by atoms with van der Waals surface area (Å²) in [5.74, 6) is -0.367. The predicted molar refractivity (Wildman–Crippen MR) is 117 cm³/mol. The van der Waals surface area contributed by atoms with E-state index in [0.717, 1.165) is 25.9 Å². The van der Waals surface area contributed by atoms with Crippen LogP contribution in [0.3, 0.4) is 0 Å². The lowest BCUT2D eigenvalue weighted by Crippen LogP contribution is -2.63. The van der Waals surface area contributed by atoms with Gasteiger partial charge in [0, 0.05) is 19.6 Å². The van der Waals surface area contributed by atoms with Crippen LogP contribution in [0.1, 0.15) is 54.3 Å². The van der Waals surface area contributed by atoms with Crippen molar-refractivity contribution >= 4 is 33.4 Å². The molecule has 0 spiro atoms. The van der Waals surface area contributed by atoms with Crippen molar-refractivity contribution in [3.8, 4) is 0 Å². The lowest BCUT2D eigenvalue weighted by molar-refractivity contribution is -0.134. The number of aryl methyl sites for hydroxylation is 2. The van der Waals surface area contributed by atoms with Gasteiger partial charge in [-0.3, -0.25) is 23.9 Å². The Morgan fingerprint density at radius 3 is 2.43 bits per heavy atom. The van der Waals surface area contributed by atoms with Crippen LogP contribution >= 0.6 is 11.3 Å². The zero-order chi connectivity index (χ0) is 21.5. The molecule has 9 heteroatoms. The Hall–Kier alpha value is -2.26. The maximum Gasteiger partial charge on any atom is 0.264 e. The Balaban J connectivity index is 1.57. The molecule has 2 aliphatic heterocycles. The molecular formula is C21H29N5O3S. The van der Waals surface area contributed by atoms with Gasteiger partial charge >= 0.3 is 0 Å². The summed E-state index contributed by atoms with van der Waals surface area (Å²) >= 11 is 1.28. The van der Waals surface area contributed by atoms with Gasteiger partial charge in [0.1, 0.15) is 10.4 Å². The Kier molecular flexibility index (Phi) is 5.67. The molecular weight excluding hydrogens is 402 g/mol. The van der Waals surface area contributed by atoms with Gasteiger partial charge in [-0.25, -0.2) is 4.98 Å². The SMILES string of the molecule is CCn1cnc2sc(C(=O)N3CCC(C(N)=O)(N4CCCCC4)CC3)c(C)c2c1=O. The second-order valence-electron chi connectivity index (χ2n) is 8.31. The number of hydrogen-bond donors (Lipinski definition) is 1. The van der Waals surface area contributed by atoms with E-state index in [1.165, 1.54) is 24.1 Å². The van der Waals surface area contributed by atoms with Gasteiger partial charge in [-0.2, -0.15) is 0 Å². The molecule has 0 aromatic carbocycles. The fraction of sp³-hybridized carbons (Fsp3) is 0.619. The highest BCUT2D eigenvalue weighted by Gasteiger charge is 2.46. The van der Waals surface area contributed by atoms with Crippen molar-refractivity contribution in [2.75, 3.05) is 26.2 Å². The van der Waals surface area contributed by atoms with Crippen LogP contribution in [0.2, 0.25) is 0 Å². The number of fused-ring (bicyclic) bond motifs is 1. The van der Waals surface area contributed by atoms with Crippen LogP contribution in [-0.2, 0) is 11.3 Å². The van der Waals surface area contributed by atoms with Crippen LogP contribution in [0.5, 0.6) is 0 Å². The maximum absolute atomic E-state index is 13.3. The Bertz CT molecular complexity index is 1030. The first-order chi connectivity index (χ1) is 14.4. The molecule has 2 amide bonds. The minimum Gasteiger partial charge on any atom is -0.368 e. The number of nitrogens with zero attached hydrogens (tertiary/aromatic N) is 4. The van der Waals surface area contributed by atoms with E-state index in [2.05, 4.69) is 9.88 Å². The number of primary amides is 1. The summed E-state index contributed by atoms with van der Waals surface area (Å²) < 4.78 is 1.55. The second kappa shape index (κ2) is 8.11. The summed E-state index contributed by atoms with van der Waals surface area (Å²) in [6.45, 7) is 7.00. The third kappa shape index (κ3) is 3.33. The molecule has 4 rings (SSSR count). The zero-order valence-corrected chi connectivity index (χ0v) is 18.5. The number of carbonyl (C=O) groups is 2. The molecule has 0 saturated carbocycles. The van der Waals surface area contributed by atoms with Gasteiger partial charge in [0.05, 0.1) is 16.6 Å². The summed E-state index contributed by atoms with van der Waals surface area (Å²) in [6.07, 6.45) is 6.00. The Morgan fingerprint density at radius 1 is 1.17 bits per heavy atom. The molecule has 2 aromatic heterocycles. The molecule has 2 aliphatic rings. The van der Waals surface area contributed by atoms with E-state index in [0.29, 0.717) is 53.1 Å². The first kappa shape index (κ1) is 21.0. The van der Waals surface area contributed by atoms with E-state index in [1.54, 1.807) is 9.47 Å². The Labute approximate surface area is 179 Å². The molecule has 0 bridgehead atoms. The summed E-state index contributed by atoms with van der Waals surface area (Å²) in [7, 11) is 0. The molecule has 2 aromatic rings. The van der Waals surface area contributed by atoms with Gasteiger partial charge < -0.3 is 10.6 Å². The third-order valence-electron chi connectivity index (χ3n) is 6.75. The summed E-state index contributed by atoms with van der Waals surface area (Å²) in [4.78, 5) is 47.9. The second-order valence-corrected chi connectivity index (χ2v) is 9.31. The smallest absolute Gasteiger partial charge is 0.264 e. The number of hydrogen-bond acceptors (Lipinski definition) is 6. The first-order valence-electron chi connectivity index (χ1n) is 10.7. The summed E-state index contributed by atoms with van der Waals surface area (Å²) in [6, 6.07) is 0. The van der Waals surface area contributed by atoms with E-state index in [9.17, 15) is 14.4 Å². The average Bonchev–Trinajstić information content (AvgIpc) is 3.11. The van der Waals surface area contributed by atoms with Crippen LogP contribution in [-0.4, -0.2) is 62.9 Å². The number of nitrogens with two attached hydrogens (primary N) is 1. The molecule has 2 N–H and O–H groups in total. The first-order valence-corrected chi connectivity index (χ1v) is 11.5. The van der Waals surface area contributed by atoms with Crippen molar-refractivity contribution in [1.82, 2.24) is 19.4 Å². The summed E-state index contributed by atoms with van der Waals surface area (Å²) in [5, 5.41) is 0.532. The molecule has 8 nitrogen and oxygen atoms in total. The van der Waals surface area contributed by atoms with Crippen LogP contribution in [0.4, 0.5) is 0 Å². The van der Waals surface area contributed by atoms with Gasteiger partial charge in [0.2, 0.25) is 5.91 Å². The van der Waals surface area contributed by atoms with E-state index in [4.69, 9.17) is 5.73 Å². The molecule has 0 aliphatic carbocycles. The van der Waals surface area contributed by atoms with E-state index < -0.39 is 5.54 Å². The molecule has 4 heterocycles. The fourth-order valence-corrected chi connectivity index (χ4v) is 5.96. The predicted octanol–water partition coefficient (Wildman–Crippen LogP) is 1.73. The number of likely N-dealkylation sites (tertiary alicyclic amines) is 2. The molecule has 0 unspecified atom stereocenters. The van der Waals surface area contributed by atoms with Crippen LogP contribution in [0.25, 0.3) is 10.2 Å². The van der Waals surface area contributed by atoms with Crippen molar-refractivity contribution in [1.29, 1.82) is 0 Å². The van der Waals surface area contributed by atoms with Gasteiger partial charge in [0.15, 0.2) is 0 Å². The summed E-state index contributed by atoms with van der Waals surface area (Å²) in [5.41, 5.74) is 5.80. The molecule has 0 atom stereocenters. The molecule has 30 heavy (non-hydrogen) atoms. The largest absolute Gasteiger partial charge is 0.368 e. The molecule has 2 saturated heterocycles. The minimum absolute atomic E-state index is 0.0883. The lowest BCUT2D eigenvalue weighted by Gasteiger charge is -2.48. The van der Waals surface area contributed by atoms with Gasteiger partial charge in [-0.05, 0) is 58.2 Å². The van der Waals surface area contributed by atoms with Crippen LogP contribution < -0.4 is 11.3 Å². The number of aromatic nitrogens is 2. The van der Waals surface area contributed by atoms with Gasteiger partial charge in [-0.1, -0.05) is 6.42 Å². The van der Waals surface area contributed by atoms with Crippen molar-refractivity contribution in [2.45, 2.75) is 58.0 Å². The Morgan fingerprint density at radius 2 is 1.83 bits per heavy atom. The van der Waals surface area contributed by atoms with Crippen molar-refractivity contribution in [3.05, 3.63) is 27.1 Å². The van der Waals surface area contributed by atoms with Crippen LogP contribution in [0.15, 0.2) is 11.1 Å². The van der Waals surface area contributed by atoms with Crippen molar-refractivity contribution < 1.29 is 9.59 Å². The number of thiophene rings is 1. The quantitative estimate of drug-likeness (QED) is 0.794. The van der Waals surface area contributed by atoms with Crippen molar-refractivity contribution in [3.63, 3.8) is 0 Å². The fourth-order valence-electron chi connectivity index (χ4n) is 4.85. The third-order valence-corrected chi connectivity index (χ3v) is 7.94. The minimum atomic E-state index is -0.650. The number of amides is 2. The normalized spacial score (nSPS) is 19.9. The molecule has 2 fully saturated rings. The zero-order valence-electron chi connectivity index (χ0n) is 17.6. The van der Waals surface area contributed by atoms with E-state index >= 15 is 0 Å². The number of carbonyl (C=O) groups excluding carboxylic acids is 2. The highest BCUT2D eigenvalue weighted by Crippen LogP contribution is 2.34. The molecule has 0 radical (unpaired) electrons. The van der Waals surface area contributed by atoms with E-state index in [-0.39, 0.29) is 17.4 Å². The van der Waals surface area contributed by atoms with Gasteiger partial charge in [-0.15, -0.1) is 11.3 Å². The monoisotopic (exact) mass is 431 g/mol. The highest BCUT2D eigenvalue weighted by molar-refractivity contribution is 7.20. The average molecular weight is 432 g/mol. The van der Waals surface area contributed by atoms with Crippen molar-refractivity contribution in [2.24, 2.45) is 5.73 Å².